The van der Waals surface area contributed by atoms with Crippen LogP contribution in [-0.2, 0) is 0 Å². The summed E-state index contributed by atoms with van der Waals surface area (Å²) in [7, 11) is 0. The maximum Gasteiger partial charge on any atom is 0.292 e. The summed E-state index contributed by atoms with van der Waals surface area (Å²) in [5, 5.41) is 15.2. The lowest BCUT2D eigenvalue weighted by Crippen LogP contribution is -2.52. The van der Waals surface area contributed by atoms with Crippen LogP contribution in [-0.4, -0.2) is 51.8 Å². The predicted octanol–water partition coefficient (Wildman–Crippen LogP) is 3.10. The number of halogens is 1. The second-order valence-electron chi connectivity index (χ2n) is 8.60. The van der Waals surface area contributed by atoms with Crippen molar-refractivity contribution in [2.45, 2.75) is 31.7 Å². The quantitative estimate of drug-likeness (QED) is 0.548. The zero-order valence-corrected chi connectivity index (χ0v) is 17.4. The largest absolute Gasteiger partial charge is 0.366 e. The van der Waals surface area contributed by atoms with E-state index in [2.05, 4.69) is 14.9 Å². The molecule has 1 aromatic carbocycles. The zero-order chi connectivity index (χ0) is 20.8. The highest BCUT2D eigenvalue weighted by Crippen LogP contribution is 2.46. The van der Waals surface area contributed by atoms with Crippen LogP contribution in [0.2, 0.25) is 5.02 Å². The SMILES string of the molecule is O=c1c(Cl)c(N2CCN(C3CC4CCC3C4)CC2)cnn1-c1ccc([N+](=O)[O-])cc1. The van der Waals surface area contributed by atoms with Crippen molar-refractivity contribution in [3.63, 3.8) is 0 Å². The van der Waals surface area contributed by atoms with E-state index in [1.165, 1.54) is 54.6 Å². The molecule has 0 spiro atoms. The zero-order valence-electron chi connectivity index (χ0n) is 16.6. The molecule has 3 aliphatic rings. The minimum Gasteiger partial charge on any atom is -0.366 e. The van der Waals surface area contributed by atoms with Crippen molar-refractivity contribution in [2.24, 2.45) is 11.8 Å². The fraction of sp³-hybridized carbons (Fsp3) is 0.524. The van der Waals surface area contributed by atoms with E-state index in [0.717, 1.165) is 44.1 Å². The summed E-state index contributed by atoms with van der Waals surface area (Å²) < 4.78 is 1.18. The number of nitrogens with zero attached hydrogens (tertiary/aromatic N) is 5. The number of non-ortho nitro benzene ring substituents is 1. The average molecular weight is 430 g/mol. The first-order valence-electron chi connectivity index (χ1n) is 10.5. The van der Waals surface area contributed by atoms with Crippen LogP contribution in [0.25, 0.3) is 5.69 Å². The number of fused-ring (bicyclic) bond motifs is 2. The van der Waals surface area contributed by atoms with Crippen LogP contribution in [0.15, 0.2) is 35.3 Å². The Balaban J connectivity index is 1.31. The summed E-state index contributed by atoms with van der Waals surface area (Å²) in [5.41, 5.74) is 0.647. The van der Waals surface area contributed by atoms with Crippen molar-refractivity contribution in [1.29, 1.82) is 0 Å². The molecule has 30 heavy (non-hydrogen) atoms. The first-order valence-corrected chi connectivity index (χ1v) is 10.9. The van der Waals surface area contributed by atoms with Crippen molar-refractivity contribution >= 4 is 23.0 Å². The van der Waals surface area contributed by atoms with Crippen molar-refractivity contribution < 1.29 is 4.92 Å². The van der Waals surface area contributed by atoms with Gasteiger partial charge in [0.05, 0.1) is 22.5 Å². The molecule has 1 aromatic heterocycles. The lowest BCUT2D eigenvalue weighted by atomic mass is 9.93. The molecule has 3 fully saturated rings. The molecule has 2 saturated carbocycles. The van der Waals surface area contributed by atoms with Crippen molar-refractivity contribution in [2.75, 3.05) is 31.1 Å². The highest BCUT2D eigenvalue weighted by atomic mass is 35.5. The Morgan fingerprint density at radius 3 is 2.40 bits per heavy atom. The Bertz CT molecular complexity index is 1020. The average Bonchev–Trinajstić information content (AvgIpc) is 3.40. The number of nitro groups is 1. The van der Waals surface area contributed by atoms with Gasteiger partial charge in [0.15, 0.2) is 0 Å². The van der Waals surface area contributed by atoms with Gasteiger partial charge in [-0.15, -0.1) is 0 Å². The molecular formula is C21H24ClN5O3. The lowest BCUT2D eigenvalue weighted by molar-refractivity contribution is -0.384. The standard InChI is InChI=1S/C21H24ClN5O3/c22-20-19(13-23-26(21(20)28)16-3-5-17(6-4-16)27(29)30)25-9-7-24(8-10-25)18-12-14-1-2-15(18)11-14/h3-6,13-15,18H,1-2,7-12H2. The van der Waals surface area contributed by atoms with E-state index in [-0.39, 0.29) is 10.7 Å². The highest BCUT2D eigenvalue weighted by Gasteiger charge is 2.42. The van der Waals surface area contributed by atoms with Crippen LogP contribution in [0, 0.1) is 22.0 Å². The maximum atomic E-state index is 12.8. The van der Waals surface area contributed by atoms with Crippen molar-refractivity contribution in [3.8, 4) is 5.69 Å². The van der Waals surface area contributed by atoms with Gasteiger partial charge in [0, 0.05) is 44.4 Å². The summed E-state index contributed by atoms with van der Waals surface area (Å²) in [6.45, 7) is 3.62. The number of benzene rings is 1. The Kier molecular flexibility index (Phi) is 4.99. The number of anilines is 1. The van der Waals surface area contributed by atoms with Crippen LogP contribution < -0.4 is 10.5 Å². The van der Waals surface area contributed by atoms with Gasteiger partial charge in [-0.3, -0.25) is 19.8 Å². The summed E-state index contributed by atoms with van der Waals surface area (Å²) in [5.74, 6) is 1.81. The molecular weight excluding hydrogens is 406 g/mol. The molecule has 3 unspecified atom stereocenters. The van der Waals surface area contributed by atoms with Gasteiger partial charge in [-0.1, -0.05) is 18.0 Å². The van der Waals surface area contributed by atoms with Gasteiger partial charge >= 0.3 is 0 Å². The molecule has 2 aliphatic carbocycles. The van der Waals surface area contributed by atoms with Crippen LogP contribution in [0.3, 0.4) is 0 Å². The summed E-state index contributed by atoms with van der Waals surface area (Å²) in [4.78, 5) is 27.9. The molecule has 158 valence electrons. The van der Waals surface area contributed by atoms with Gasteiger partial charge in [0.2, 0.25) is 0 Å². The van der Waals surface area contributed by atoms with E-state index in [4.69, 9.17) is 11.6 Å². The lowest BCUT2D eigenvalue weighted by Gasteiger charge is -2.41. The number of nitro benzene ring substituents is 1. The molecule has 0 radical (unpaired) electrons. The molecule has 0 amide bonds. The highest BCUT2D eigenvalue weighted by molar-refractivity contribution is 6.33. The van der Waals surface area contributed by atoms with Gasteiger partial charge in [-0.05, 0) is 43.2 Å². The molecule has 5 rings (SSSR count). The number of rotatable bonds is 4. The van der Waals surface area contributed by atoms with Crippen LogP contribution >= 0.6 is 11.6 Å². The molecule has 9 heteroatoms. The van der Waals surface area contributed by atoms with E-state index in [0.29, 0.717) is 11.4 Å². The third-order valence-electron chi connectivity index (χ3n) is 7.03. The molecule has 2 heterocycles. The van der Waals surface area contributed by atoms with E-state index < -0.39 is 10.5 Å². The normalized spacial score (nSPS) is 26.3. The van der Waals surface area contributed by atoms with Gasteiger partial charge in [-0.2, -0.15) is 9.78 Å². The predicted molar refractivity (Wildman–Crippen MR) is 115 cm³/mol. The van der Waals surface area contributed by atoms with Crippen LogP contribution in [0.1, 0.15) is 25.7 Å². The Morgan fingerprint density at radius 2 is 1.80 bits per heavy atom. The minimum absolute atomic E-state index is 0.0390. The van der Waals surface area contributed by atoms with Crippen molar-refractivity contribution in [3.05, 3.63) is 56.0 Å². The fourth-order valence-electron chi connectivity index (χ4n) is 5.50. The third kappa shape index (κ3) is 3.37. The Morgan fingerprint density at radius 1 is 1.07 bits per heavy atom. The van der Waals surface area contributed by atoms with E-state index in [1.54, 1.807) is 6.20 Å². The molecule has 3 atom stereocenters. The second-order valence-corrected chi connectivity index (χ2v) is 8.98. The molecule has 8 nitrogen and oxygen atoms in total. The summed E-state index contributed by atoms with van der Waals surface area (Å²) in [6.07, 6.45) is 7.16. The number of hydrogen-bond donors (Lipinski definition) is 0. The molecule has 0 N–H and O–H groups in total. The van der Waals surface area contributed by atoms with Gasteiger partial charge < -0.3 is 4.90 Å². The monoisotopic (exact) mass is 429 g/mol. The first kappa shape index (κ1) is 19.5. The minimum atomic E-state index is -0.480. The van der Waals surface area contributed by atoms with Gasteiger partial charge in [0.25, 0.3) is 11.2 Å². The number of hydrogen-bond acceptors (Lipinski definition) is 6. The van der Waals surface area contributed by atoms with Crippen LogP contribution in [0.5, 0.6) is 0 Å². The number of aromatic nitrogens is 2. The van der Waals surface area contributed by atoms with Gasteiger partial charge in [0.1, 0.15) is 5.02 Å². The van der Waals surface area contributed by atoms with Gasteiger partial charge in [-0.25, -0.2) is 0 Å². The first-order chi connectivity index (χ1) is 14.5. The molecule has 1 aliphatic heterocycles. The topological polar surface area (TPSA) is 84.5 Å². The summed E-state index contributed by atoms with van der Waals surface area (Å²) >= 11 is 6.44. The maximum absolute atomic E-state index is 12.8. The smallest absolute Gasteiger partial charge is 0.292 e. The molecule has 2 aromatic rings. The van der Waals surface area contributed by atoms with Crippen molar-refractivity contribution in [1.82, 2.24) is 14.7 Å². The second kappa shape index (κ2) is 7.67. The molecule has 1 saturated heterocycles. The Labute approximate surface area is 179 Å². The van der Waals surface area contributed by atoms with E-state index in [9.17, 15) is 14.9 Å². The fourth-order valence-corrected chi connectivity index (χ4v) is 5.75. The van der Waals surface area contributed by atoms with E-state index in [1.807, 2.05) is 0 Å². The Hall–Kier alpha value is -2.45. The summed E-state index contributed by atoms with van der Waals surface area (Å²) in [6, 6.07) is 6.42. The number of piperazine rings is 1. The van der Waals surface area contributed by atoms with E-state index >= 15 is 0 Å². The van der Waals surface area contributed by atoms with Crippen LogP contribution in [0.4, 0.5) is 11.4 Å². The molecule has 2 bridgehead atoms. The third-order valence-corrected chi connectivity index (χ3v) is 7.39.